The van der Waals surface area contributed by atoms with E-state index in [4.69, 9.17) is 0 Å². The van der Waals surface area contributed by atoms with E-state index in [2.05, 4.69) is 15.3 Å². The summed E-state index contributed by atoms with van der Waals surface area (Å²) in [7, 11) is 1.74. The number of ether oxygens (including phenoxy) is 1. The lowest BCUT2D eigenvalue weighted by Gasteiger charge is -2.19. The zero-order valence-corrected chi connectivity index (χ0v) is 14.4. The molecule has 1 amide bonds. The molecule has 0 spiro atoms. The molecule has 1 aromatic carbocycles. The van der Waals surface area contributed by atoms with Crippen molar-refractivity contribution in [1.82, 2.24) is 9.99 Å². The Morgan fingerprint density at radius 1 is 1.32 bits per heavy atom. The number of hydrogen-bond acceptors (Lipinski definition) is 4. The van der Waals surface area contributed by atoms with Crippen molar-refractivity contribution in [1.29, 1.82) is 0 Å². The minimum atomic E-state index is -4.73. The molecule has 1 heterocycles. The van der Waals surface area contributed by atoms with Crippen LogP contribution in [0.5, 0.6) is 5.75 Å². The molecule has 0 radical (unpaired) electrons. The van der Waals surface area contributed by atoms with Crippen molar-refractivity contribution < 1.29 is 22.7 Å². The second-order valence-corrected chi connectivity index (χ2v) is 7.05. The molecule has 1 saturated carbocycles. The van der Waals surface area contributed by atoms with Crippen molar-refractivity contribution >= 4 is 27.5 Å². The Hall–Kier alpha value is -2.03. The highest BCUT2D eigenvalue weighted by atomic mass is 32.1. The maximum atomic E-state index is 12.3. The number of nitrogens with zero attached hydrogens (tertiary/aromatic N) is 2. The van der Waals surface area contributed by atoms with Crippen molar-refractivity contribution in [3.63, 3.8) is 0 Å². The number of benzene rings is 1. The third-order valence-corrected chi connectivity index (χ3v) is 5.35. The van der Waals surface area contributed by atoms with Gasteiger partial charge in [-0.05, 0) is 31.0 Å². The number of nitrogens with one attached hydrogen (secondary N) is 1. The fraction of sp³-hybridized carbons (Fsp3) is 0.500. The van der Waals surface area contributed by atoms with Gasteiger partial charge in [0.25, 0.3) is 0 Å². The van der Waals surface area contributed by atoms with E-state index < -0.39 is 6.36 Å². The van der Waals surface area contributed by atoms with Gasteiger partial charge in [0.2, 0.25) is 10.7 Å². The van der Waals surface area contributed by atoms with Gasteiger partial charge in [0.05, 0.1) is 10.2 Å². The molecule has 2 aromatic rings. The first-order chi connectivity index (χ1) is 11.8. The molecule has 1 N–H and O–H groups in total. The zero-order valence-electron chi connectivity index (χ0n) is 13.6. The molecule has 0 aliphatic heterocycles. The molecular formula is C16H18F3N3O2S. The number of alkyl halides is 3. The monoisotopic (exact) mass is 373 g/mol. The van der Waals surface area contributed by atoms with E-state index in [0.717, 1.165) is 32.1 Å². The summed E-state index contributed by atoms with van der Waals surface area (Å²) in [5, 5.41) is 4.14. The van der Waals surface area contributed by atoms with Crippen LogP contribution in [0.4, 0.5) is 13.2 Å². The average Bonchev–Trinajstić information content (AvgIpc) is 2.87. The molecule has 1 aliphatic carbocycles. The summed E-state index contributed by atoms with van der Waals surface area (Å²) >= 11 is 1.19. The molecule has 5 nitrogen and oxygen atoms in total. The number of hydrogen-bond donors (Lipinski definition) is 1. The van der Waals surface area contributed by atoms with Crippen LogP contribution in [0.15, 0.2) is 23.3 Å². The molecule has 25 heavy (non-hydrogen) atoms. The molecule has 0 bridgehead atoms. The van der Waals surface area contributed by atoms with Gasteiger partial charge in [-0.25, -0.2) is 5.43 Å². The highest BCUT2D eigenvalue weighted by Gasteiger charge is 2.31. The van der Waals surface area contributed by atoms with E-state index >= 15 is 0 Å². The largest absolute Gasteiger partial charge is 0.573 e. The third kappa shape index (κ3) is 4.33. The quantitative estimate of drug-likeness (QED) is 0.835. The van der Waals surface area contributed by atoms with Crippen LogP contribution in [0.25, 0.3) is 10.2 Å². The topological polar surface area (TPSA) is 55.6 Å². The summed E-state index contributed by atoms with van der Waals surface area (Å²) < 4.78 is 43.2. The van der Waals surface area contributed by atoms with Crippen molar-refractivity contribution in [3.05, 3.63) is 23.0 Å². The van der Waals surface area contributed by atoms with Crippen molar-refractivity contribution in [3.8, 4) is 5.75 Å². The van der Waals surface area contributed by atoms with E-state index in [1.165, 1.54) is 29.5 Å². The fourth-order valence-corrected chi connectivity index (χ4v) is 3.98. The van der Waals surface area contributed by atoms with Crippen LogP contribution in [0.3, 0.4) is 0 Å². The Bertz CT molecular complexity index is 835. The lowest BCUT2D eigenvalue weighted by molar-refractivity contribution is -0.274. The average molecular weight is 373 g/mol. The van der Waals surface area contributed by atoms with Crippen LogP contribution in [-0.2, 0) is 11.8 Å². The first-order valence-electron chi connectivity index (χ1n) is 8.02. The SMILES string of the molecule is Cn1/c(=N/NC(=O)C2CCCCC2)sc2cc(OC(F)(F)F)ccc21. The van der Waals surface area contributed by atoms with E-state index in [9.17, 15) is 18.0 Å². The normalized spacial score (nSPS) is 17.0. The van der Waals surface area contributed by atoms with Gasteiger partial charge in [0.15, 0.2) is 0 Å². The summed E-state index contributed by atoms with van der Waals surface area (Å²) in [6.45, 7) is 0. The van der Waals surface area contributed by atoms with Crippen LogP contribution in [0.1, 0.15) is 32.1 Å². The predicted octanol–water partition coefficient (Wildman–Crippen LogP) is 3.65. The standard InChI is InChI=1S/C16H18F3N3O2S/c1-22-12-8-7-11(24-16(17,18)19)9-13(12)25-15(22)21-20-14(23)10-5-3-2-4-6-10/h7-10H,2-6H2,1H3,(H,20,23)/b21-15-. The smallest absolute Gasteiger partial charge is 0.406 e. The number of fused-ring (bicyclic) bond motifs is 1. The Labute approximate surface area is 146 Å². The lowest BCUT2D eigenvalue weighted by atomic mass is 9.89. The number of amides is 1. The van der Waals surface area contributed by atoms with Crippen LogP contribution in [0.2, 0.25) is 0 Å². The number of carbonyl (C=O) groups excluding carboxylic acids is 1. The molecular weight excluding hydrogens is 355 g/mol. The number of halogens is 3. The van der Waals surface area contributed by atoms with Crippen molar-refractivity contribution in [2.75, 3.05) is 0 Å². The minimum absolute atomic E-state index is 0.0102. The van der Waals surface area contributed by atoms with E-state index in [-0.39, 0.29) is 17.6 Å². The summed E-state index contributed by atoms with van der Waals surface area (Å²) in [5.74, 6) is -0.387. The maximum absolute atomic E-state index is 12.3. The van der Waals surface area contributed by atoms with E-state index in [1.807, 2.05) is 0 Å². The Balaban J connectivity index is 1.81. The molecule has 136 valence electrons. The maximum Gasteiger partial charge on any atom is 0.573 e. The molecule has 1 aromatic heterocycles. The number of thiazole rings is 1. The Morgan fingerprint density at radius 2 is 2.04 bits per heavy atom. The van der Waals surface area contributed by atoms with Crippen LogP contribution in [-0.4, -0.2) is 16.8 Å². The molecule has 0 unspecified atom stereocenters. The Morgan fingerprint density at radius 3 is 2.72 bits per heavy atom. The van der Waals surface area contributed by atoms with Gasteiger partial charge in [0, 0.05) is 13.0 Å². The van der Waals surface area contributed by atoms with Gasteiger partial charge < -0.3 is 9.30 Å². The van der Waals surface area contributed by atoms with E-state index in [0.29, 0.717) is 15.0 Å². The molecule has 0 saturated heterocycles. The summed E-state index contributed by atoms with van der Waals surface area (Å²) in [6, 6.07) is 4.11. The Kier molecular flexibility index (Phi) is 5.03. The molecule has 0 atom stereocenters. The van der Waals surface area contributed by atoms with Crippen LogP contribution < -0.4 is 15.0 Å². The van der Waals surface area contributed by atoms with Crippen LogP contribution >= 0.6 is 11.3 Å². The van der Waals surface area contributed by atoms with Gasteiger partial charge in [-0.2, -0.15) is 0 Å². The molecule has 1 fully saturated rings. The summed E-state index contributed by atoms with van der Waals surface area (Å²) in [6.07, 6.45) is 0.284. The van der Waals surface area contributed by atoms with Gasteiger partial charge in [-0.3, -0.25) is 4.79 Å². The molecule has 1 aliphatic rings. The summed E-state index contributed by atoms with van der Waals surface area (Å²) in [4.78, 5) is 12.7. The third-order valence-electron chi connectivity index (χ3n) is 4.25. The van der Waals surface area contributed by atoms with Crippen molar-refractivity contribution in [2.24, 2.45) is 18.1 Å². The molecule has 3 rings (SSSR count). The fourth-order valence-electron chi connectivity index (χ4n) is 2.98. The highest BCUT2D eigenvalue weighted by Crippen LogP contribution is 2.27. The number of rotatable bonds is 3. The number of carbonyl (C=O) groups is 1. The van der Waals surface area contributed by atoms with E-state index in [1.54, 1.807) is 11.6 Å². The number of aromatic nitrogens is 1. The van der Waals surface area contributed by atoms with Crippen LogP contribution in [0, 0.1) is 5.92 Å². The number of aryl methyl sites for hydroxylation is 1. The first kappa shape index (κ1) is 17.8. The second-order valence-electron chi connectivity index (χ2n) is 6.04. The van der Waals surface area contributed by atoms with Gasteiger partial charge >= 0.3 is 6.36 Å². The van der Waals surface area contributed by atoms with Gasteiger partial charge in [-0.1, -0.05) is 30.6 Å². The minimum Gasteiger partial charge on any atom is -0.406 e. The van der Waals surface area contributed by atoms with Crippen molar-refractivity contribution in [2.45, 2.75) is 38.5 Å². The second kappa shape index (κ2) is 7.07. The predicted molar refractivity (Wildman–Crippen MR) is 87.8 cm³/mol. The summed E-state index contributed by atoms with van der Waals surface area (Å²) in [5.41, 5.74) is 3.30. The first-order valence-corrected chi connectivity index (χ1v) is 8.84. The van der Waals surface area contributed by atoms with Gasteiger partial charge in [-0.15, -0.1) is 18.3 Å². The lowest BCUT2D eigenvalue weighted by Crippen LogP contribution is -2.30. The molecule has 9 heteroatoms. The van der Waals surface area contributed by atoms with Gasteiger partial charge in [0.1, 0.15) is 5.75 Å². The zero-order chi connectivity index (χ0) is 18.0. The highest BCUT2D eigenvalue weighted by molar-refractivity contribution is 7.16.